The Morgan fingerprint density at radius 1 is 0.929 bits per heavy atom. The third-order valence-electron chi connectivity index (χ3n) is 5.80. The molecule has 1 aromatic heterocycles. The lowest BCUT2D eigenvalue weighted by Gasteiger charge is -2.24. The van der Waals surface area contributed by atoms with Gasteiger partial charge in [0.1, 0.15) is 22.9 Å². The SMILES string of the molecule is C=C(Nc1ccccc1NC(=O)c1ccc(CN(CCCN(C)C)C(=O)Nc2cc(F)ccc2F)cn1)OC(C)(C)C. The van der Waals surface area contributed by atoms with E-state index >= 15 is 0 Å². The van der Waals surface area contributed by atoms with Gasteiger partial charge in [-0.2, -0.15) is 0 Å². The number of hydrogen-bond acceptors (Lipinski definition) is 6. The molecule has 224 valence electrons. The molecule has 3 aromatic rings. The first-order valence-electron chi connectivity index (χ1n) is 13.5. The number of pyridine rings is 1. The Labute approximate surface area is 245 Å². The molecule has 1 heterocycles. The third-order valence-corrected chi connectivity index (χ3v) is 5.80. The van der Waals surface area contributed by atoms with Gasteiger partial charge in [-0.3, -0.25) is 9.78 Å². The first-order chi connectivity index (χ1) is 19.8. The molecular formula is C31H38F2N6O3. The number of amides is 3. The Balaban J connectivity index is 1.69. The van der Waals surface area contributed by atoms with Crippen molar-refractivity contribution in [3.8, 4) is 0 Å². The molecule has 3 amide bonds. The highest BCUT2D eigenvalue weighted by molar-refractivity contribution is 6.04. The molecule has 0 radical (unpaired) electrons. The molecule has 11 heteroatoms. The van der Waals surface area contributed by atoms with Gasteiger partial charge in [0.2, 0.25) is 0 Å². The number of aromatic nitrogens is 1. The number of rotatable bonds is 12. The lowest BCUT2D eigenvalue weighted by molar-refractivity contribution is 0.0565. The maximum Gasteiger partial charge on any atom is 0.322 e. The fraction of sp³-hybridized carbons (Fsp3) is 0.323. The molecule has 0 saturated carbocycles. The zero-order valence-corrected chi connectivity index (χ0v) is 24.6. The van der Waals surface area contributed by atoms with Crippen LogP contribution in [0.3, 0.4) is 0 Å². The van der Waals surface area contributed by atoms with Gasteiger partial charge in [0.15, 0.2) is 5.88 Å². The van der Waals surface area contributed by atoms with Gasteiger partial charge in [-0.25, -0.2) is 13.6 Å². The van der Waals surface area contributed by atoms with Crippen molar-refractivity contribution in [2.75, 3.05) is 43.1 Å². The number of carbonyl (C=O) groups is 2. The van der Waals surface area contributed by atoms with Gasteiger partial charge in [0.25, 0.3) is 5.91 Å². The number of urea groups is 1. The summed E-state index contributed by atoms with van der Waals surface area (Å²) in [6.07, 6.45) is 2.16. The standard InChI is InChI=1S/C31H38F2N6O3/c1-21(42-31(2,3)4)35-25-10-7-8-11-26(25)36-29(40)27-15-12-22(19-34-27)20-39(17-9-16-38(5)6)30(41)37-28-18-23(32)13-14-24(28)33/h7-8,10-15,18-19,35H,1,9,16-17,20H2,2-6H3,(H,36,40)(H,37,41). The number of ether oxygens (including phenoxy) is 1. The van der Waals surface area contributed by atoms with Gasteiger partial charge in [0, 0.05) is 25.4 Å². The predicted molar refractivity (Wildman–Crippen MR) is 161 cm³/mol. The van der Waals surface area contributed by atoms with Crippen LogP contribution in [0.4, 0.5) is 30.6 Å². The van der Waals surface area contributed by atoms with E-state index in [0.29, 0.717) is 35.8 Å². The van der Waals surface area contributed by atoms with Crippen LogP contribution in [0.5, 0.6) is 0 Å². The van der Waals surface area contributed by atoms with Crippen LogP contribution in [0.15, 0.2) is 73.3 Å². The molecule has 0 saturated heterocycles. The van der Waals surface area contributed by atoms with E-state index in [2.05, 4.69) is 27.5 Å². The fourth-order valence-electron chi connectivity index (χ4n) is 3.92. The minimum Gasteiger partial charge on any atom is -0.474 e. The molecule has 0 spiro atoms. The van der Waals surface area contributed by atoms with Crippen LogP contribution in [-0.2, 0) is 11.3 Å². The molecule has 3 rings (SSSR count). The van der Waals surface area contributed by atoms with E-state index in [1.807, 2.05) is 45.8 Å². The molecule has 42 heavy (non-hydrogen) atoms. The van der Waals surface area contributed by atoms with E-state index in [1.54, 1.807) is 30.3 Å². The van der Waals surface area contributed by atoms with Crippen molar-refractivity contribution in [3.63, 3.8) is 0 Å². The maximum atomic E-state index is 14.1. The average molecular weight is 581 g/mol. The minimum absolute atomic E-state index is 0.147. The second-order valence-corrected chi connectivity index (χ2v) is 10.9. The predicted octanol–water partition coefficient (Wildman–Crippen LogP) is 6.30. The van der Waals surface area contributed by atoms with Crippen LogP contribution in [0.2, 0.25) is 0 Å². The van der Waals surface area contributed by atoms with Crippen molar-refractivity contribution in [2.24, 2.45) is 0 Å². The molecule has 9 nitrogen and oxygen atoms in total. The average Bonchev–Trinajstić information content (AvgIpc) is 2.90. The van der Waals surface area contributed by atoms with Gasteiger partial charge >= 0.3 is 6.03 Å². The summed E-state index contributed by atoms with van der Waals surface area (Å²) in [6.45, 7) is 10.8. The summed E-state index contributed by atoms with van der Waals surface area (Å²) in [5, 5.41) is 8.36. The smallest absolute Gasteiger partial charge is 0.322 e. The van der Waals surface area contributed by atoms with Crippen molar-refractivity contribution in [3.05, 3.63) is 96.1 Å². The number of hydrogen-bond donors (Lipinski definition) is 3. The summed E-state index contributed by atoms with van der Waals surface area (Å²) in [6, 6.07) is 12.7. The summed E-state index contributed by atoms with van der Waals surface area (Å²) < 4.78 is 33.5. The molecule has 0 unspecified atom stereocenters. The maximum absolute atomic E-state index is 14.1. The van der Waals surface area contributed by atoms with Crippen molar-refractivity contribution in [1.29, 1.82) is 0 Å². The van der Waals surface area contributed by atoms with Gasteiger partial charge in [-0.05, 0) is 90.3 Å². The van der Waals surface area contributed by atoms with Crippen molar-refractivity contribution in [2.45, 2.75) is 39.3 Å². The zero-order chi connectivity index (χ0) is 30.9. The van der Waals surface area contributed by atoms with Gasteiger partial charge < -0.3 is 30.5 Å². The Kier molecular flexibility index (Phi) is 11.0. The zero-order valence-electron chi connectivity index (χ0n) is 24.6. The second kappa shape index (κ2) is 14.4. The monoisotopic (exact) mass is 580 g/mol. The van der Waals surface area contributed by atoms with Crippen LogP contribution in [-0.4, -0.2) is 59.5 Å². The Hall–Kier alpha value is -4.51. The Bertz CT molecular complexity index is 1390. The molecule has 0 aliphatic heterocycles. The molecule has 0 aliphatic carbocycles. The second-order valence-electron chi connectivity index (χ2n) is 10.9. The number of para-hydroxylation sites is 2. The summed E-state index contributed by atoms with van der Waals surface area (Å²) in [5.74, 6) is -1.49. The quantitative estimate of drug-likeness (QED) is 0.218. The fourth-order valence-corrected chi connectivity index (χ4v) is 3.92. The van der Waals surface area contributed by atoms with E-state index in [4.69, 9.17) is 4.74 Å². The molecule has 3 N–H and O–H groups in total. The third kappa shape index (κ3) is 10.2. The van der Waals surface area contributed by atoms with E-state index in [9.17, 15) is 18.4 Å². The minimum atomic E-state index is -0.738. The van der Waals surface area contributed by atoms with Crippen LogP contribution >= 0.6 is 0 Å². The number of halogens is 2. The highest BCUT2D eigenvalue weighted by atomic mass is 19.1. The number of anilines is 3. The highest BCUT2D eigenvalue weighted by Gasteiger charge is 2.18. The number of carbonyl (C=O) groups excluding carboxylic acids is 2. The summed E-state index contributed by atoms with van der Waals surface area (Å²) in [4.78, 5) is 33.8. The number of nitrogens with one attached hydrogen (secondary N) is 3. The normalized spacial score (nSPS) is 11.1. The van der Waals surface area contributed by atoms with Crippen LogP contribution in [0.25, 0.3) is 0 Å². The molecule has 2 aromatic carbocycles. The summed E-state index contributed by atoms with van der Waals surface area (Å²) in [5.41, 5.74) is 1.26. The van der Waals surface area contributed by atoms with E-state index < -0.39 is 29.2 Å². The molecule has 0 aliphatic rings. The first-order valence-corrected chi connectivity index (χ1v) is 13.5. The van der Waals surface area contributed by atoms with E-state index in [1.165, 1.54) is 11.1 Å². The largest absolute Gasteiger partial charge is 0.474 e. The van der Waals surface area contributed by atoms with Crippen molar-refractivity contribution >= 4 is 29.0 Å². The van der Waals surface area contributed by atoms with Crippen molar-refractivity contribution < 1.29 is 23.1 Å². The molecule has 0 bridgehead atoms. The lowest BCUT2D eigenvalue weighted by atomic mass is 10.2. The summed E-state index contributed by atoms with van der Waals surface area (Å²) in [7, 11) is 3.84. The Morgan fingerprint density at radius 2 is 1.62 bits per heavy atom. The highest BCUT2D eigenvalue weighted by Crippen LogP contribution is 2.25. The molecule has 0 fully saturated rings. The van der Waals surface area contributed by atoms with Gasteiger partial charge in [-0.15, -0.1) is 0 Å². The topological polar surface area (TPSA) is 98.8 Å². The molecule has 0 atom stereocenters. The summed E-state index contributed by atoms with van der Waals surface area (Å²) >= 11 is 0. The first kappa shape index (κ1) is 32.0. The van der Waals surface area contributed by atoms with Gasteiger partial charge in [-0.1, -0.05) is 18.2 Å². The van der Waals surface area contributed by atoms with Crippen LogP contribution in [0, 0.1) is 11.6 Å². The van der Waals surface area contributed by atoms with E-state index in [-0.39, 0.29) is 17.9 Å². The Morgan fingerprint density at radius 3 is 2.24 bits per heavy atom. The number of nitrogens with zero attached hydrogens (tertiary/aromatic N) is 3. The number of benzene rings is 2. The van der Waals surface area contributed by atoms with Crippen LogP contribution in [0.1, 0.15) is 43.2 Å². The van der Waals surface area contributed by atoms with E-state index in [0.717, 1.165) is 24.7 Å². The molecular weight excluding hydrogens is 542 g/mol. The van der Waals surface area contributed by atoms with Gasteiger partial charge in [0.05, 0.1) is 17.1 Å². The van der Waals surface area contributed by atoms with Crippen molar-refractivity contribution in [1.82, 2.24) is 14.8 Å². The van der Waals surface area contributed by atoms with Crippen LogP contribution < -0.4 is 16.0 Å². The lowest BCUT2D eigenvalue weighted by Crippen LogP contribution is -2.36.